The van der Waals surface area contributed by atoms with Crippen molar-refractivity contribution in [1.29, 1.82) is 0 Å². The number of hydrogen-bond donors (Lipinski definition) is 2. The van der Waals surface area contributed by atoms with Crippen LogP contribution in [0.4, 0.5) is 11.4 Å². The summed E-state index contributed by atoms with van der Waals surface area (Å²) in [6.45, 7) is 0. The lowest BCUT2D eigenvalue weighted by Gasteiger charge is -2.12. The first kappa shape index (κ1) is 20.6. The van der Waals surface area contributed by atoms with Crippen molar-refractivity contribution in [2.75, 3.05) is 17.7 Å². The summed E-state index contributed by atoms with van der Waals surface area (Å²) in [4.78, 5) is 12.1. The molecular weight excluding hydrogens is 456 g/mol. The molecule has 0 aliphatic carbocycles. The average molecular weight is 475 g/mol. The lowest BCUT2D eigenvalue weighted by atomic mass is 10.2. The van der Waals surface area contributed by atoms with Gasteiger partial charge in [0, 0.05) is 17.4 Å². The van der Waals surface area contributed by atoms with Crippen LogP contribution in [0.2, 0.25) is 0 Å². The van der Waals surface area contributed by atoms with Crippen molar-refractivity contribution in [3.8, 4) is 26.9 Å². The van der Waals surface area contributed by atoms with Gasteiger partial charge in [-0.25, -0.2) is 9.97 Å². The number of benzene rings is 2. The molecule has 5 rings (SSSR count). The maximum Gasteiger partial charge on any atom is 0.175 e. The number of aromatic nitrogens is 2. The molecule has 5 nitrogen and oxygen atoms in total. The van der Waals surface area contributed by atoms with Gasteiger partial charge in [-0.3, -0.25) is 0 Å². The molecule has 0 unspecified atom stereocenters. The monoisotopic (exact) mass is 474 g/mol. The maximum absolute atomic E-state index is 5.49. The molecule has 158 valence electrons. The molecule has 0 spiro atoms. The fraction of sp³-hybridized carbons (Fsp3) is 0.0417. The van der Waals surface area contributed by atoms with Gasteiger partial charge in [0.2, 0.25) is 0 Å². The molecule has 0 bridgehead atoms. The van der Waals surface area contributed by atoms with E-state index in [1.165, 1.54) is 0 Å². The Bertz CT molecular complexity index is 1380. The third-order valence-corrected chi connectivity index (χ3v) is 6.72. The second kappa shape index (κ2) is 9.04. The zero-order valence-corrected chi connectivity index (χ0v) is 19.5. The molecule has 8 heteroatoms. The Morgan fingerprint density at radius 2 is 1.44 bits per heavy atom. The Morgan fingerprint density at radius 1 is 0.781 bits per heavy atom. The van der Waals surface area contributed by atoms with Crippen LogP contribution in [0.3, 0.4) is 0 Å². The van der Waals surface area contributed by atoms with Crippen LogP contribution in [0, 0.1) is 0 Å². The van der Waals surface area contributed by atoms with Gasteiger partial charge < -0.3 is 15.4 Å². The lowest BCUT2D eigenvalue weighted by Crippen LogP contribution is -2.19. The van der Waals surface area contributed by atoms with Gasteiger partial charge >= 0.3 is 0 Å². The second-order valence-corrected chi connectivity index (χ2v) is 9.19. The van der Waals surface area contributed by atoms with Crippen molar-refractivity contribution in [3.63, 3.8) is 0 Å². The number of nitrogens with one attached hydrogen (secondary N) is 2. The van der Waals surface area contributed by atoms with E-state index in [-0.39, 0.29) is 0 Å². The number of methoxy groups -OCH3 is 1. The Balaban J connectivity index is 1.45. The van der Waals surface area contributed by atoms with Gasteiger partial charge in [-0.2, -0.15) is 0 Å². The summed E-state index contributed by atoms with van der Waals surface area (Å²) in [6.07, 6.45) is 0. The van der Waals surface area contributed by atoms with Gasteiger partial charge in [-0.05, 0) is 65.4 Å². The molecule has 2 aromatic carbocycles. The molecule has 5 aromatic rings. The molecule has 2 N–H and O–H groups in total. The van der Waals surface area contributed by atoms with Gasteiger partial charge in [-0.1, -0.05) is 18.2 Å². The number of fused-ring (bicyclic) bond motifs is 1. The zero-order chi connectivity index (χ0) is 21.9. The topological polar surface area (TPSA) is 59.1 Å². The van der Waals surface area contributed by atoms with Crippen LogP contribution in [0.1, 0.15) is 0 Å². The Hall–Kier alpha value is -3.33. The van der Waals surface area contributed by atoms with Crippen molar-refractivity contribution in [1.82, 2.24) is 9.97 Å². The highest BCUT2D eigenvalue weighted by Crippen LogP contribution is 2.35. The van der Waals surface area contributed by atoms with E-state index in [0.717, 1.165) is 49.3 Å². The summed E-state index contributed by atoms with van der Waals surface area (Å²) in [5.41, 5.74) is 5.14. The summed E-state index contributed by atoms with van der Waals surface area (Å²) >= 11 is 8.82. The third kappa shape index (κ3) is 4.34. The van der Waals surface area contributed by atoms with E-state index in [4.69, 9.17) is 26.9 Å². The second-order valence-electron chi connectivity index (χ2n) is 6.89. The predicted molar refractivity (Wildman–Crippen MR) is 139 cm³/mol. The van der Waals surface area contributed by atoms with Crippen LogP contribution >= 0.6 is 34.9 Å². The molecular formula is C24H18N4OS3. The predicted octanol–water partition coefficient (Wildman–Crippen LogP) is 6.90. The summed E-state index contributed by atoms with van der Waals surface area (Å²) < 4.78 is 5.26. The van der Waals surface area contributed by atoms with Crippen molar-refractivity contribution >= 4 is 62.4 Å². The number of hydrogen-bond acceptors (Lipinski definition) is 6. The Labute approximate surface area is 198 Å². The van der Waals surface area contributed by atoms with E-state index in [9.17, 15) is 0 Å². The van der Waals surface area contributed by atoms with Crippen molar-refractivity contribution in [3.05, 3.63) is 77.5 Å². The van der Waals surface area contributed by atoms with E-state index < -0.39 is 0 Å². The summed E-state index contributed by atoms with van der Waals surface area (Å²) in [5, 5.41) is 11.0. The first-order valence-corrected chi connectivity index (χ1v) is 12.0. The van der Waals surface area contributed by atoms with E-state index in [0.29, 0.717) is 5.11 Å². The van der Waals surface area contributed by atoms with Crippen LogP contribution in [0.15, 0.2) is 77.5 Å². The summed E-state index contributed by atoms with van der Waals surface area (Å²) in [6, 6.07) is 21.7. The van der Waals surface area contributed by atoms with Crippen molar-refractivity contribution < 1.29 is 4.74 Å². The quantitative estimate of drug-likeness (QED) is 0.270. The SMILES string of the molecule is COc1cccc(NC(=S)Nc2ccc3nc(-c4cccs4)c(-c4cccs4)nc3c2)c1. The fourth-order valence-corrected chi connectivity index (χ4v) is 4.96. The molecule has 3 heterocycles. The summed E-state index contributed by atoms with van der Waals surface area (Å²) in [7, 11) is 1.64. The van der Waals surface area contributed by atoms with Crippen LogP contribution in [-0.4, -0.2) is 22.2 Å². The van der Waals surface area contributed by atoms with Crippen LogP contribution < -0.4 is 15.4 Å². The number of anilines is 2. The highest BCUT2D eigenvalue weighted by Gasteiger charge is 2.15. The van der Waals surface area contributed by atoms with Gasteiger partial charge in [-0.15, -0.1) is 22.7 Å². The maximum atomic E-state index is 5.49. The van der Waals surface area contributed by atoms with Gasteiger partial charge in [0.05, 0.1) is 27.9 Å². The van der Waals surface area contributed by atoms with Crippen LogP contribution in [0.25, 0.3) is 32.2 Å². The molecule has 0 atom stereocenters. The minimum absolute atomic E-state index is 0.485. The van der Waals surface area contributed by atoms with Gasteiger partial charge in [0.15, 0.2) is 5.11 Å². The number of thiocarbonyl (C=S) groups is 1. The minimum atomic E-state index is 0.485. The van der Waals surface area contributed by atoms with E-state index in [2.05, 4.69) is 33.5 Å². The van der Waals surface area contributed by atoms with Crippen LogP contribution in [0.5, 0.6) is 5.75 Å². The molecule has 0 saturated carbocycles. The molecule has 32 heavy (non-hydrogen) atoms. The minimum Gasteiger partial charge on any atom is -0.497 e. The number of ether oxygens (including phenoxy) is 1. The Morgan fingerprint density at radius 3 is 2.06 bits per heavy atom. The zero-order valence-electron chi connectivity index (χ0n) is 17.0. The van der Waals surface area contributed by atoms with E-state index >= 15 is 0 Å². The van der Waals surface area contributed by atoms with E-state index in [1.807, 2.05) is 54.6 Å². The van der Waals surface area contributed by atoms with Crippen molar-refractivity contribution in [2.45, 2.75) is 0 Å². The highest BCUT2D eigenvalue weighted by molar-refractivity contribution is 7.80. The lowest BCUT2D eigenvalue weighted by molar-refractivity contribution is 0.415. The van der Waals surface area contributed by atoms with Gasteiger partial charge in [0.25, 0.3) is 0 Å². The van der Waals surface area contributed by atoms with Gasteiger partial charge in [0.1, 0.15) is 17.1 Å². The third-order valence-electron chi connectivity index (χ3n) is 4.76. The normalized spacial score (nSPS) is 10.8. The molecule has 0 aliphatic heterocycles. The molecule has 3 aromatic heterocycles. The fourth-order valence-electron chi connectivity index (χ4n) is 3.30. The average Bonchev–Trinajstić information content (AvgIpc) is 3.53. The standard InChI is InChI=1S/C24H18N4OS3/c1-29-17-6-2-5-15(13-17)25-24(30)26-16-9-10-18-19(14-16)28-23(21-8-4-12-32-21)22(27-18)20-7-3-11-31-20/h2-14H,1H3,(H2,25,26,30). The number of rotatable bonds is 5. The van der Waals surface area contributed by atoms with Crippen molar-refractivity contribution in [2.24, 2.45) is 0 Å². The smallest absolute Gasteiger partial charge is 0.175 e. The van der Waals surface area contributed by atoms with Crippen LogP contribution in [-0.2, 0) is 0 Å². The largest absolute Gasteiger partial charge is 0.497 e. The molecule has 0 radical (unpaired) electrons. The van der Waals surface area contributed by atoms with E-state index in [1.54, 1.807) is 29.8 Å². The molecule has 0 fully saturated rings. The number of thiophene rings is 2. The first-order chi connectivity index (χ1) is 15.7. The molecule has 0 aliphatic rings. The molecule has 0 amide bonds. The number of nitrogens with zero attached hydrogens (tertiary/aromatic N) is 2. The summed E-state index contributed by atoms with van der Waals surface area (Å²) in [5.74, 6) is 0.765. The Kier molecular flexibility index (Phi) is 5.81. The first-order valence-electron chi connectivity index (χ1n) is 9.81. The highest BCUT2D eigenvalue weighted by atomic mass is 32.1. The molecule has 0 saturated heterocycles.